The lowest BCUT2D eigenvalue weighted by Gasteiger charge is -2.11. The number of benzene rings is 2. The molecule has 2 N–H and O–H groups in total. The van der Waals surface area contributed by atoms with Crippen molar-refractivity contribution in [3.05, 3.63) is 64.1 Å². The highest BCUT2D eigenvalue weighted by Gasteiger charge is 2.05. The summed E-state index contributed by atoms with van der Waals surface area (Å²) in [6.07, 6.45) is 2.94. The van der Waals surface area contributed by atoms with Crippen LogP contribution in [0.3, 0.4) is 0 Å². The van der Waals surface area contributed by atoms with Gasteiger partial charge in [-0.1, -0.05) is 34.1 Å². The molecule has 114 valence electrons. The van der Waals surface area contributed by atoms with Crippen molar-refractivity contribution < 1.29 is 14.3 Å². The summed E-state index contributed by atoms with van der Waals surface area (Å²) in [4.78, 5) is 10.8. The summed E-state index contributed by atoms with van der Waals surface area (Å²) >= 11 is 3.40. The SMILES string of the molecule is COc1ccc(/C=C\C(N)=O)cc1OCc1ccc(Br)cc1. The Balaban J connectivity index is 2.15. The monoisotopic (exact) mass is 361 g/mol. The molecule has 2 aromatic carbocycles. The Morgan fingerprint density at radius 2 is 1.91 bits per heavy atom. The Hall–Kier alpha value is -2.27. The molecule has 0 radical (unpaired) electrons. The minimum absolute atomic E-state index is 0.423. The van der Waals surface area contributed by atoms with Crippen molar-refractivity contribution >= 4 is 27.9 Å². The van der Waals surface area contributed by atoms with Gasteiger partial charge >= 0.3 is 0 Å². The van der Waals surface area contributed by atoms with Gasteiger partial charge in [-0.15, -0.1) is 0 Å². The normalized spacial score (nSPS) is 10.6. The van der Waals surface area contributed by atoms with Crippen LogP contribution in [0.4, 0.5) is 0 Å². The summed E-state index contributed by atoms with van der Waals surface area (Å²) in [5, 5.41) is 0. The Bertz CT molecular complexity index is 681. The summed E-state index contributed by atoms with van der Waals surface area (Å²) in [6, 6.07) is 13.3. The van der Waals surface area contributed by atoms with E-state index < -0.39 is 5.91 Å². The lowest BCUT2D eigenvalue weighted by molar-refractivity contribution is -0.113. The number of ether oxygens (including phenoxy) is 2. The largest absolute Gasteiger partial charge is 0.493 e. The molecular formula is C17H16BrNO3. The van der Waals surface area contributed by atoms with Crippen LogP contribution in [-0.4, -0.2) is 13.0 Å². The van der Waals surface area contributed by atoms with Gasteiger partial charge in [-0.2, -0.15) is 0 Å². The zero-order chi connectivity index (χ0) is 15.9. The maximum absolute atomic E-state index is 10.8. The molecule has 0 aromatic heterocycles. The van der Waals surface area contributed by atoms with Crippen molar-refractivity contribution in [3.8, 4) is 11.5 Å². The van der Waals surface area contributed by atoms with Crippen LogP contribution in [0.1, 0.15) is 11.1 Å². The van der Waals surface area contributed by atoms with E-state index in [4.69, 9.17) is 15.2 Å². The number of hydrogen-bond donors (Lipinski definition) is 1. The predicted octanol–water partition coefficient (Wildman–Crippen LogP) is 3.54. The Morgan fingerprint density at radius 3 is 2.55 bits per heavy atom. The van der Waals surface area contributed by atoms with Crippen molar-refractivity contribution in [2.75, 3.05) is 7.11 Å². The minimum atomic E-state index is -0.492. The quantitative estimate of drug-likeness (QED) is 0.800. The fourth-order valence-electron chi connectivity index (χ4n) is 1.83. The molecule has 1 amide bonds. The zero-order valence-corrected chi connectivity index (χ0v) is 13.7. The molecule has 0 atom stereocenters. The lowest BCUT2D eigenvalue weighted by Crippen LogP contribution is -2.05. The number of carbonyl (C=O) groups is 1. The van der Waals surface area contributed by atoms with Gasteiger partial charge in [0.05, 0.1) is 7.11 Å². The maximum atomic E-state index is 10.8. The number of hydrogen-bond acceptors (Lipinski definition) is 3. The molecule has 22 heavy (non-hydrogen) atoms. The van der Waals surface area contributed by atoms with Crippen molar-refractivity contribution in [2.45, 2.75) is 6.61 Å². The van der Waals surface area contributed by atoms with Gasteiger partial charge in [0.2, 0.25) is 5.91 Å². The van der Waals surface area contributed by atoms with Crippen LogP contribution < -0.4 is 15.2 Å². The molecule has 2 aromatic rings. The Morgan fingerprint density at radius 1 is 1.18 bits per heavy atom. The number of nitrogens with two attached hydrogens (primary N) is 1. The van der Waals surface area contributed by atoms with Crippen molar-refractivity contribution in [2.24, 2.45) is 5.73 Å². The van der Waals surface area contributed by atoms with Gasteiger partial charge in [0.25, 0.3) is 0 Å². The highest BCUT2D eigenvalue weighted by Crippen LogP contribution is 2.29. The molecule has 4 nitrogen and oxygen atoms in total. The average Bonchev–Trinajstić information content (AvgIpc) is 2.52. The first-order valence-electron chi connectivity index (χ1n) is 6.61. The van der Waals surface area contributed by atoms with E-state index in [0.717, 1.165) is 15.6 Å². The maximum Gasteiger partial charge on any atom is 0.241 e. The average molecular weight is 362 g/mol. The van der Waals surface area contributed by atoms with E-state index in [0.29, 0.717) is 18.1 Å². The third-order valence-electron chi connectivity index (χ3n) is 2.94. The fourth-order valence-corrected chi connectivity index (χ4v) is 2.09. The highest BCUT2D eigenvalue weighted by molar-refractivity contribution is 9.10. The minimum Gasteiger partial charge on any atom is -0.493 e. The fraction of sp³-hybridized carbons (Fsp3) is 0.118. The van der Waals surface area contributed by atoms with E-state index in [9.17, 15) is 4.79 Å². The van der Waals surface area contributed by atoms with E-state index in [1.54, 1.807) is 25.3 Å². The lowest BCUT2D eigenvalue weighted by atomic mass is 10.2. The summed E-state index contributed by atoms with van der Waals surface area (Å²) in [5.74, 6) is 0.749. The summed E-state index contributed by atoms with van der Waals surface area (Å²) in [7, 11) is 1.58. The van der Waals surface area contributed by atoms with Crippen LogP contribution in [0.5, 0.6) is 11.5 Å². The van der Waals surface area contributed by atoms with E-state index in [1.165, 1.54) is 6.08 Å². The molecule has 0 heterocycles. The number of primary amides is 1. The van der Waals surface area contributed by atoms with Crippen LogP contribution >= 0.6 is 15.9 Å². The molecule has 2 rings (SSSR count). The molecule has 0 unspecified atom stereocenters. The second-order valence-electron chi connectivity index (χ2n) is 4.56. The summed E-state index contributed by atoms with van der Waals surface area (Å²) < 4.78 is 12.1. The van der Waals surface area contributed by atoms with Crippen molar-refractivity contribution in [1.29, 1.82) is 0 Å². The number of carbonyl (C=O) groups excluding carboxylic acids is 1. The van der Waals surface area contributed by atoms with Gasteiger partial charge in [0.15, 0.2) is 11.5 Å². The summed E-state index contributed by atoms with van der Waals surface area (Å²) in [6.45, 7) is 0.423. The first kappa shape index (κ1) is 16.1. The van der Waals surface area contributed by atoms with E-state index >= 15 is 0 Å². The van der Waals surface area contributed by atoms with Crippen LogP contribution in [0.15, 0.2) is 53.0 Å². The zero-order valence-electron chi connectivity index (χ0n) is 12.1. The van der Waals surface area contributed by atoms with Crippen molar-refractivity contribution in [3.63, 3.8) is 0 Å². The van der Waals surface area contributed by atoms with Crippen LogP contribution in [-0.2, 0) is 11.4 Å². The van der Waals surface area contributed by atoms with Gasteiger partial charge in [-0.25, -0.2) is 0 Å². The molecule has 0 spiro atoms. The number of methoxy groups -OCH3 is 1. The molecule has 5 heteroatoms. The second kappa shape index (κ2) is 7.66. The standard InChI is InChI=1S/C17H16BrNO3/c1-21-15-8-4-12(5-9-17(19)20)10-16(15)22-11-13-2-6-14(18)7-3-13/h2-10H,11H2,1H3,(H2,19,20)/b9-5-. The van der Waals surface area contributed by atoms with E-state index in [-0.39, 0.29) is 0 Å². The van der Waals surface area contributed by atoms with Gasteiger partial charge in [-0.05, 0) is 41.5 Å². The van der Waals surface area contributed by atoms with Gasteiger partial charge < -0.3 is 15.2 Å². The first-order valence-corrected chi connectivity index (χ1v) is 7.40. The molecule has 0 fully saturated rings. The Kier molecular flexibility index (Phi) is 5.61. The second-order valence-corrected chi connectivity index (χ2v) is 5.48. The van der Waals surface area contributed by atoms with Gasteiger partial charge in [0.1, 0.15) is 6.61 Å². The number of halogens is 1. The van der Waals surface area contributed by atoms with E-state index in [2.05, 4.69) is 15.9 Å². The molecule has 0 bridgehead atoms. The smallest absolute Gasteiger partial charge is 0.241 e. The van der Waals surface area contributed by atoms with Crippen LogP contribution in [0.25, 0.3) is 6.08 Å². The molecule has 0 aliphatic rings. The third-order valence-corrected chi connectivity index (χ3v) is 3.46. The summed E-state index contributed by atoms with van der Waals surface area (Å²) in [5.41, 5.74) is 6.95. The molecular weight excluding hydrogens is 346 g/mol. The van der Waals surface area contributed by atoms with Crippen molar-refractivity contribution in [1.82, 2.24) is 0 Å². The van der Waals surface area contributed by atoms with Crippen LogP contribution in [0.2, 0.25) is 0 Å². The molecule has 0 saturated heterocycles. The number of amides is 1. The van der Waals surface area contributed by atoms with Crippen LogP contribution in [0, 0.1) is 0 Å². The molecule has 0 saturated carbocycles. The van der Waals surface area contributed by atoms with E-state index in [1.807, 2.05) is 30.3 Å². The van der Waals surface area contributed by atoms with Gasteiger partial charge in [0, 0.05) is 10.5 Å². The van der Waals surface area contributed by atoms with Gasteiger partial charge in [-0.3, -0.25) is 4.79 Å². The molecule has 0 aliphatic heterocycles. The topological polar surface area (TPSA) is 61.5 Å². The number of rotatable bonds is 6. The third kappa shape index (κ3) is 4.63. The Labute approximate surface area is 137 Å². The molecule has 0 aliphatic carbocycles. The predicted molar refractivity (Wildman–Crippen MR) is 89.7 cm³/mol. The highest BCUT2D eigenvalue weighted by atomic mass is 79.9. The first-order chi connectivity index (χ1) is 10.6.